The highest BCUT2D eigenvalue weighted by Gasteiger charge is 2.27. The summed E-state index contributed by atoms with van der Waals surface area (Å²) in [6.07, 6.45) is -0.355. The minimum atomic E-state index is -0.904. The molecule has 1 aliphatic rings. The zero-order valence-corrected chi connectivity index (χ0v) is 18.8. The molecule has 0 bridgehead atoms. The number of hydrogen-bond acceptors (Lipinski definition) is 7. The van der Waals surface area contributed by atoms with Gasteiger partial charge in [-0.2, -0.15) is 0 Å². The first-order chi connectivity index (χ1) is 15.9. The van der Waals surface area contributed by atoms with Crippen molar-refractivity contribution in [2.24, 2.45) is 5.92 Å². The van der Waals surface area contributed by atoms with Crippen LogP contribution in [0, 0.1) is 5.92 Å². The zero-order valence-electron chi connectivity index (χ0n) is 18.8. The van der Waals surface area contributed by atoms with Crippen LogP contribution in [-0.2, 0) is 14.3 Å². The average molecular weight is 456 g/mol. The van der Waals surface area contributed by atoms with Gasteiger partial charge in [-0.1, -0.05) is 26.0 Å². The highest BCUT2D eigenvalue weighted by Crippen LogP contribution is 2.30. The highest BCUT2D eigenvalue weighted by molar-refractivity contribution is 5.97. The van der Waals surface area contributed by atoms with Crippen molar-refractivity contribution in [3.05, 3.63) is 54.1 Å². The van der Waals surface area contributed by atoms with Gasteiger partial charge in [-0.25, -0.2) is 4.79 Å². The lowest BCUT2D eigenvalue weighted by atomic mass is 10.0. The first-order valence-corrected chi connectivity index (χ1v) is 10.6. The lowest BCUT2D eigenvalue weighted by molar-refractivity contribution is -0.151. The van der Waals surface area contributed by atoms with Crippen LogP contribution in [0.15, 0.2) is 48.5 Å². The zero-order chi connectivity index (χ0) is 23.8. The summed E-state index contributed by atoms with van der Waals surface area (Å²) in [5.74, 6) is 0.0603. The number of hydrogen-bond donors (Lipinski definition) is 2. The fourth-order valence-corrected chi connectivity index (χ4v) is 3.13. The Kier molecular flexibility index (Phi) is 8.12. The van der Waals surface area contributed by atoms with Crippen molar-refractivity contribution in [3.63, 3.8) is 0 Å². The third-order valence-electron chi connectivity index (χ3n) is 5.00. The molecule has 1 heterocycles. The number of methoxy groups -OCH3 is 1. The Bertz CT molecular complexity index is 975. The summed E-state index contributed by atoms with van der Waals surface area (Å²) in [5.41, 5.74) is 0.378. The molecule has 0 saturated carbocycles. The van der Waals surface area contributed by atoms with Crippen molar-refractivity contribution < 1.29 is 33.3 Å². The number of carbonyl (C=O) groups is 3. The van der Waals surface area contributed by atoms with Crippen LogP contribution in [0.4, 0.5) is 0 Å². The van der Waals surface area contributed by atoms with E-state index >= 15 is 0 Å². The Labute approximate surface area is 192 Å². The van der Waals surface area contributed by atoms with E-state index in [-0.39, 0.29) is 18.6 Å². The molecule has 3 rings (SSSR count). The van der Waals surface area contributed by atoms with E-state index in [9.17, 15) is 14.4 Å². The summed E-state index contributed by atoms with van der Waals surface area (Å²) in [6, 6.07) is 12.9. The molecule has 9 nitrogen and oxygen atoms in total. The first-order valence-electron chi connectivity index (χ1n) is 10.6. The normalized spacial score (nSPS) is 15.3. The van der Waals surface area contributed by atoms with Crippen LogP contribution in [0.5, 0.6) is 17.2 Å². The monoisotopic (exact) mass is 456 g/mol. The third-order valence-corrected chi connectivity index (χ3v) is 5.00. The van der Waals surface area contributed by atoms with Gasteiger partial charge in [-0.15, -0.1) is 0 Å². The molecule has 2 N–H and O–H groups in total. The molecule has 9 heteroatoms. The van der Waals surface area contributed by atoms with Gasteiger partial charge in [-0.3, -0.25) is 9.59 Å². The van der Waals surface area contributed by atoms with Crippen molar-refractivity contribution in [2.75, 3.05) is 26.9 Å². The number of fused-ring (bicyclic) bond motifs is 1. The van der Waals surface area contributed by atoms with Crippen LogP contribution in [0.2, 0.25) is 0 Å². The van der Waals surface area contributed by atoms with E-state index in [0.29, 0.717) is 29.4 Å². The largest absolute Gasteiger partial charge is 0.497 e. The van der Waals surface area contributed by atoms with Gasteiger partial charge in [0.15, 0.2) is 18.1 Å². The van der Waals surface area contributed by atoms with Crippen LogP contribution in [0.25, 0.3) is 0 Å². The van der Waals surface area contributed by atoms with E-state index in [2.05, 4.69) is 10.6 Å². The number of carbonyl (C=O) groups excluding carboxylic acids is 3. The SMILES string of the molecule is COc1ccc(C(=O)NC(C(=O)OCC(=O)NCC2COc3ccccc3O2)C(C)C)cc1. The van der Waals surface area contributed by atoms with Crippen molar-refractivity contribution in [1.82, 2.24) is 10.6 Å². The summed E-state index contributed by atoms with van der Waals surface area (Å²) < 4.78 is 21.6. The van der Waals surface area contributed by atoms with E-state index in [1.807, 2.05) is 18.2 Å². The van der Waals surface area contributed by atoms with E-state index < -0.39 is 30.4 Å². The summed E-state index contributed by atoms with van der Waals surface area (Å²) in [4.78, 5) is 37.2. The van der Waals surface area contributed by atoms with Crippen LogP contribution in [0.3, 0.4) is 0 Å². The number of rotatable bonds is 9. The number of nitrogens with one attached hydrogen (secondary N) is 2. The molecule has 2 aromatic rings. The van der Waals surface area contributed by atoms with Crippen LogP contribution < -0.4 is 24.8 Å². The van der Waals surface area contributed by atoms with Gasteiger partial charge in [0.1, 0.15) is 24.5 Å². The summed E-state index contributed by atoms with van der Waals surface area (Å²) >= 11 is 0. The second kappa shape index (κ2) is 11.2. The third kappa shape index (κ3) is 6.61. The number of ether oxygens (including phenoxy) is 4. The van der Waals surface area contributed by atoms with E-state index in [0.717, 1.165) is 0 Å². The molecule has 2 aromatic carbocycles. The maximum atomic E-state index is 12.5. The molecule has 0 radical (unpaired) electrons. The molecular weight excluding hydrogens is 428 g/mol. The molecule has 0 fully saturated rings. The molecule has 0 spiro atoms. The fraction of sp³-hybridized carbons (Fsp3) is 0.375. The van der Waals surface area contributed by atoms with Gasteiger partial charge in [0.2, 0.25) is 0 Å². The molecule has 0 aliphatic carbocycles. The van der Waals surface area contributed by atoms with Crippen LogP contribution >= 0.6 is 0 Å². The van der Waals surface area contributed by atoms with Gasteiger partial charge in [-0.05, 0) is 42.3 Å². The number of benzene rings is 2. The minimum absolute atomic E-state index is 0.201. The lowest BCUT2D eigenvalue weighted by Gasteiger charge is -2.26. The fourth-order valence-electron chi connectivity index (χ4n) is 3.13. The van der Waals surface area contributed by atoms with Crippen LogP contribution in [-0.4, -0.2) is 56.8 Å². The minimum Gasteiger partial charge on any atom is -0.497 e. The average Bonchev–Trinajstić information content (AvgIpc) is 2.84. The van der Waals surface area contributed by atoms with Crippen molar-refractivity contribution in [2.45, 2.75) is 26.0 Å². The van der Waals surface area contributed by atoms with E-state index in [1.54, 1.807) is 44.2 Å². The molecule has 33 heavy (non-hydrogen) atoms. The van der Waals surface area contributed by atoms with Crippen molar-refractivity contribution in [3.8, 4) is 17.2 Å². The van der Waals surface area contributed by atoms with E-state index in [1.165, 1.54) is 7.11 Å². The van der Waals surface area contributed by atoms with Crippen molar-refractivity contribution >= 4 is 17.8 Å². The molecular formula is C24H28N2O7. The van der Waals surface area contributed by atoms with Gasteiger partial charge in [0.25, 0.3) is 11.8 Å². The quantitative estimate of drug-likeness (QED) is 0.555. The van der Waals surface area contributed by atoms with Gasteiger partial charge >= 0.3 is 5.97 Å². The molecule has 2 unspecified atom stereocenters. The number of amides is 2. The maximum Gasteiger partial charge on any atom is 0.329 e. The molecule has 2 amide bonds. The summed E-state index contributed by atoms with van der Waals surface area (Å²) in [7, 11) is 1.53. The maximum absolute atomic E-state index is 12.5. The Balaban J connectivity index is 1.45. The second-order valence-corrected chi connectivity index (χ2v) is 7.83. The Morgan fingerprint density at radius 2 is 1.76 bits per heavy atom. The van der Waals surface area contributed by atoms with Gasteiger partial charge in [0, 0.05) is 5.56 Å². The lowest BCUT2D eigenvalue weighted by Crippen LogP contribution is -2.46. The number of esters is 1. The number of para-hydroxylation sites is 2. The van der Waals surface area contributed by atoms with E-state index in [4.69, 9.17) is 18.9 Å². The molecule has 176 valence electrons. The summed E-state index contributed by atoms with van der Waals surface area (Å²) in [6.45, 7) is 3.58. The summed E-state index contributed by atoms with van der Waals surface area (Å²) in [5, 5.41) is 5.33. The van der Waals surface area contributed by atoms with Gasteiger partial charge in [0.05, 0.1) is 13.7 Å². The van der Waals surface area contributed by atoms with Crippen molar-refractivity contribution in [1.29, 1.82) is 0 Å². The van der Waals surface area contributed by atoms with Gasteiger partial charge < -0.3 is 29.6 Å². The first kappa shape index (κ1) is 23.9. The molecule has 0 saturated heterocycles. The topological polar surface area (TPSA) is 112 Å². The Hall–Kier alpha value is -3.75. The predicted molar refractivity (Wildman–Crippen MR) is 119 cm³/mol. The van der Waals surface area contributed by atoms with Crippen LogP contribution in [0.1, 0.15) is 24.2 Å². The molecule has 2 atom stereocenters. The predicted octanol–water partition coefficient (Wildman–Crippen LogP) is 1.95. The second-order valence-electron chi connectivity index (χ2n) is 7.83. The molecule has 0 aromatic heterocycles. The Morgan fingerprint density at radius 1 is 1.06 bits per heavy atom. The smallest absolute Gasteiger partial charge is 0.329 e. The highest BCUT2D eigenvalue weighted by atomic mass is 16.6. The molecule has 1 aliphatic heterocycles. The Morgan fingerprint density at radius 3 is 2.42 bits per heavy atom. The standard InChI is InChI=1S/C24H28N2O7/c1-15(2)22(26-23(28)16-8-10-17(30-3)11-9-16)24(29)32-14-21(27)25-12-18-13-31-19-6-4-5-7-20(19)33-18/h4-11,15,18,22H,12-14H2,1-3H3,(H,25,27)(H,26,28).